The van der Waals surface area contributed by atoms with E-state index in [4.69, 9.17) is 0 Å². The third-order valence-corrected chi connectivity index (χ3v) is 2.71. The Morgan fingerprint density at radius 3 is 3.15 bits per heavy atom. The van der Waals surface area contributed by atoms with Crippen LogP contribution < -0.4 is 5.32 Å². The van der Waals surface area contributed by atoms with Crippen molar-refractivity contribution in [3.8, 4) is 0 Å². The van der Waals surface area contributed by atoms with Crippen molar-refractivity contribution in [3.05, 3.63) is 47.6 Å². The van der Waals surface area contributed by atoms with E-state index < -0.39 is 0 Å². The van der Waals surface area contributed by atoms with Crippen molar-refractivity contribution in [1.29, 1.82) is 0 Å². The number of hydrogen-bond acceptors (Lipinski definition) is 1. The van der Waals surface area contributed by atoms with E-state index in [2.05, 4.69) is 48.7 Å². The highest BCUT2D eigenvalue weighted by molar-refractivity contribution is 5.90. The van der Waals surface area contributed by atoms with E-state index in [9.17, 15) is 0 Å². The molecule has 0 saturated heterocycles. The molecule has 3 rings (SSSR count). The third-order valence-electron chi connectivity index (χ3n) is 2.71. The second-order valence-electron chi connectivity index (χ2n) is 3.68. The Labute approximate surface area is 77.8 Å². The first-order valence-electron chi connectivity index (χ1n) is 4.60. The summed E-state index contributed by atoms with van der Waals surface area (Å²) >= 11 is 0. The molecule has 64 valence electrons. The minimum Gasteiger partial charge on any atom is -0.374 e. The van der Waals surface area contributed by atoms with Crippen LogP contribution in [0.5, 0.6) is 0 Å². The van der Waals surface area contributed by atoms with Crippen molar-refractivity contribution < 1.29 is 0 Å². The number of hydrogen-bond donors (Lipinski definition) is 1. The fraction of sp³-hybridized carbons (Fsp3) is 0.167. The maximum atomic E-state index is 3.47. The van der Waals surface area contributed by atoms with Gasteiger partial charge in [0.05, 0.1) is 6.04 Å². The lowest BCUT2D eigenvalue weighted by atomic mass is 10.0. The molecule has 0 fully saturated rings. The van der Waals surface area contributed by atoms with Gasteiger partial charge in [-0.1, -0.05) is 29.9 Å². The number of fused-ring (bicyclic) bond motifs is 3. The van der Waals surface area contributed by atoms with Crippen molar-refractivity contribution in [2.75, 3.05) is 5.32 Å². The minimum atomic E-state index is 0.428. The maximum absolute atomic E-state index is 3.47. The van der Waals surface area contributed by atoms with Gasteiger partial charge in [-0.05, 0) is 24.6 Å². The van der Waals surface area contributed by atoms with Crippen LogP contribution in [-0.2, 0) is 0 Å². The first-order chi connectivity index (χ1) is 6.34. The first kappa shape index (κ1) is 6.96. The van der Waals surface area contributed by atoms with Gasteiger partial charge in [0, 0.05) is 11.3 Å². The predicted octanol–water partition coefficient (Wildman–Crippen LogP) is 2.74. The zero-order valence-electron chi connectivity index (χ0n) is 7.54. The molecule has 0 amide bonds. The summed E-state index contributed by atoms with van der Waals surface area (Å²) in [7, 11) is 0. The van der Waals surface area contributed by atoms with Crippen LogP contribution in [0.25, 0.3) is 5.57 Å². The molecule has 1 unspecified atom stereocenters. The summed E-state index contributed by atoms with van der Waals surface area (Å²) in [6.45, 7) is 2.14. The predicted molar refractivity (Wildman–Crippen MR) is 55.7 cm³/mol. The van der Waals surface area contributed by atoms with Gasteiger partial charge >= 0.3 is 0 Å². The van der Waals surface area contributed by atoms with Gasteiger partial charge in [0.1, 0.15) is 0 Å². The molecule has 0 aromatic heterocycles. The van der Waals surface area contributed by atoms with Crippen LogP contribution in [0.2, 0.25) is 0 Å². The quantitative estimate of drug-likeness (QED) is 0.629. The molecule has 1 heterocycles. The molecule has 13 heavy (non-hydrogen) atoms. The highest BCUT2D eigenvalue weighted by Crippen LogP contribution is 2.38. The van der Waals surface area contributed by atoms with Crippen LogP contribution in [-0.4, -0.2) is 6.04 Å². The smallest absolute Gasteiger partial charge is 0.0707 e. The molecule has 0 spiro atoms. The van der Waals surface area contributed by atoms with Crippen LogP contribution in [0.3, 0.4) is 0 Å². The van der Waals surface area contributed by atoms with E-state index in [-0.39, 0.29) is 0 Å². The maximum Gasteiger partial charge on any atom is 0.0707 e. The zero-order chi connectivity index (χ0) is 8.84. The van der Waals surface area contributed by atoms with E-state index >= 15 is 0 Å². The Bertz CT molecular complexity index is 427. The molecule has 0 bridgehead atoms. The van der Waals surface area contributed by atoms with Crippen molar-refractivity contribution >= 4 is 11.3 Å². The summed E-state index contributed by atoms with van der Waals surface area (Å²) in [5, 5.41) is 3.47. The highest BCUT2D eigenvalue weighted by atomic mass is 15.0. The molecular formula is C12H11N. The van der Waals surface area contributed by atoms with Gasteiger partial charge in [0.15, 0.2) is 0 Å². The van der Waals surface area contributed by atoms with Gasteiger partial charge < -0.3 is 5.32 Å². The van der Waals surface area contributed by atoms with Crippen LogP contribution in [0.1, 0.15) is 11.1 Å². The van der Waals surface area contributed by atoms with E-state index in [1.807, 2.05) is 0 Å². The molecule has 0 radical (unpaired) electrons. The average molecular weight is 169 g/mol. The lowest BCUT2D eigenvalue weighted by Gasteiger charge is -2.01. The summed E-state index contributed by atoms with van der Waals surface area (Å²) < 4.78 is 0. The third kappa shape index (κ3) is 0.872. The number of anilines is 1. The van der Waals surface area contributed by atoms with E-state index in [0.29, 0.717) is 6.04 Å². The van der Waals surface area contributed by atoms with Gasteiger partial charge in [-0.3, -0.25) is 0 Å². The zero-order valence-corrected chi connectivity index (χ0v) is 7.54. The van der Waals surface area contributed by atoms with E-state index in [1.165, 1.54) is 22.4 Å². The molecule has 1 aliphatic carbocycles. The molecule has 1 nitrogen and oxygen atoms in total. The molecule has 0 saturated carbocycles. The molecule has 1 aromatic carbocycles. The average Bonchev–Trinajstić information content (AvgIpc) is 2.64. The van der Waals surface area contributed by atoms with Gasteiger partial charge in [-0.2, -0.15) is 0 Å². The fourth-order valence-electron chi connectivity index (χ4n) is 2.05. The number of benzene rings is 1. The van der Waals surface area contributed by atoms with E-state index in [1.54, 1.807) is 0 Å². The molecule has 1 atom stereocenters. The number of aryl methyl sites for hydroxylation is 1. The monoisotopic (exact) mass is 169 g/mol. The van der Waals surface area contributed by atoms with Gasteiger partial charge in [0.2, 0.25) is 0 Å². The van der Waals surface area contributed by atoms with Crippen molar-refractivity contribution in [2.45, 2.75) is 13.0 Å². The Morgan fingerprint density at radius 1 is 1.31 bits per heavy atom. The standard InChI is InChI=1S/C12H11N/c1-8-5-6-12-10(7-8)9-3-2-4-11(9)13-12/h2-7,11,13H,1H3. The summed E-state index contributed by atoms with van der Waals surface area (Å²) in [4.78, 5) is 0. The van der Waals surface area contributed by atoms with Crippen LogP contribution >= 0.6 is 0 Å². The molecular weight excluding hydrogens is 158 g/mol. The number of rotatable bonds is 0. The minimum absolute atomic E-state index is 0.428. The van der Waals surface area contributed by atoms with Gasteiger partial charge in [-0.15, -0.1) is 0 Å². The molecule has 1 N–H and O–H groups in total. The first-order valence-corrected chi connectivity index (χ1v) is 4.60. The fourth-order valence-corrected chi connectivity index (χ4v) is 2.05. The highest BCUT2D eigenvalue weighted by Gasteiger charge is 2.25. The Kier molecular flexibility index (Phi) is 1.21. The topological polar surface area (TPSA) is 12.0 Å². The van der Waals surface area contributed by atoms with Crippen LogP contribution in [0.15, 0.2) is 36.4 Å². The summed E-state index contributed by atoms with van der Waals surface area (Å²) in [6.07, 6.45) is 6.52. The second-order valence-corrected chi connectivity index (χ2v) is 3.68. The lowest BCUT2D eigenvalue weighted by molar-refractivity contribution is 1.20. The molecule has 1 aromatic rings. The second kappa shape index (κ2) is 2.25. The summed E-state index contributed by atoms with van der Waals surface area (Å²) in [6, 6.07) is 6.99. The number of nitrogens with one attached hydrogen (secondary N) is 1. The van der Waals surface area contributed by atoms with Crippen molar-refractivity contribution in [1.82, 2.24) is 0 Å². The van der Waals surface area contributed by atoms with Gasteiger partial charge in [-0.25, -0.2) is 0 Å². The largest absolute Gasteiger partial charge is 0.374 e. The van der Waals surface area contributed by atoms with E-state index in [0.717, 1.165) is 0 Å². The van der Waals surface area contributed by atoms with Crippen molar-refractivity contribution in [3.63, 3.8) is 0 Å². The lowest BCUT2D eigenvalue weighted by Crippen LogP contribution is -2.07. The van der Waals surface area contributed by atoms with Gasteiger partial charge in [0.25, 0.3) is 0 Å². The Balaban J connectivity index is 2.21. The summed E-state index contributed by atoms with van der Waals surface area (Å²) in [5.74, 6) is 0. The Hall–Kier alpha value is -1.50. The number of allylic oxidation sites excluding steroid dienone is 2. The molecule has 2 aliphatic rings. The van der Waals surface area contributed by atoms with Crippen LogP contribution in [0.4, 0.5) is 5.69 Å². The SMILES string of the molecule is Cc1ccc2c(c1)C1=CC=CC1N2. The summed E-state index contributed by atoms with van der Waals surface area (Å²) in [5.41, 5.74) is 5.38. The normalized spacial score (nSPS) is 22.2. The molecule has 1 heteroatoms. The van der Waals surface area contributed by atoms with Crippen molar-refractivity contribution in [2.24, 2.45) is 0 Å². The Morgan fingerprint density at radius 2 is 2.23 bits per heavy atom. The molecule has 1 aliphatic heterocycles. The van der Waals surface area contributed by atoms with Crippen LogP contribution in [0, 0.1) is 6.92 Å².